The SMILES string of the molecule is CCC(CC)CN1CCCC(n2cc(C(=O)N(CC)CC)nn2)C1. The molecule has 2 rings (SSSR count). The van der Waals surface area contributed by atoms with Crippen LogP contribution in [0.4, 0.5) is 0 Å². The van der Waals surface area contributed by atoms with Gasteiger partial charge < -0.3 is 9.80 Å². The van der Waals surface area contributed by atoms with Crippen LogP contribution < -0.4 is 0 Å². The molecule has 0 radical (unpaired) electrons. The Morgan fingerprint density at radius 1 is 1.29 bits per heavy atom. The molecule has 0 saturated carbocycles. The second-order valence-electron chi connectivity index (χ2n) is 6.80. The van der Waals surface area contributed by atoms with Gasteiger partial charge >= 0.3 is 0 Å². The zero-order chi connectivity index (χ0) is 17.5. The molecule has 1 aliphatic rings. The van der Waals surface area contributed by atoms with Crippen LogP contribution in [-0.2, 0) is 0 Å². The van der Waals surface area contributed by atoms with Crippen LogP contribution in [0.5, 0.6) is 0 Å². The monoisotopic (exact) mass is 335 g/mol. The van der Waals surface area contributed by atoms with Gasteiger partial charge in [-0.2, -0.15) is 0 Å². The van der Waals surface area contributed by atoms with Crippen LogP contribution in [0.2, 0.25) is 0 Å². The van der Waals surface area contributed by atoms with E-state index in [-0.39, 0.29) is 5.91 Å². The van der Waals surface area contributed by atoms with Gasteiger partial charge in [-0.1, -0.05) is 31.9 Å². The second kappa shape index (κ2) is 9.16. The molecule has 1 amide bonds. The number of amides is 1. The molecule has 1 aliphatic heterocycles. The van der Waals surface area contributed by atoms with E-state index in [0.29, 0.717) is 24.8 Å². The van der Waals surface area contributed by atoms with Crippen molar-refractivity contribution < 1.29 is 4.79 Å². The molecule has 1 unspecified atom stereocenters. The lowest BCUT2D eigenvalue weighted by molar-refractivity contribution is 0.0767. The van der Waals surface area contributed by atoms with Gasteiger partial charge in [0.15, 0.2) is 5.69 Å². The molecule has 0 spiro atoms. The van der Waals surface area contributed by atoms with Crippen LogP contribution in [-0.4, -0.2) is 63.4 Å². The number of aromatic nitrogens is 3. The lowest BCUT2D eigenvalue weighted by Gasteiger charge is -2.34. The first-order valence-electron chi connectivity index (χ1n) is 9.56. The molecule has 0 aliphatic carbocycles. The lowest BCUT2D eigenvalue weighted by Crippen LogP contribution is -2.39. The molecule has 2 heterocycles. The lowest BCUT2D eigenvalue weighted by atomic mass is 10.00. The average Bonchev–Trinajstić information content (AvgIpc) is 3.11. The summed E-state index contributed by atoms with van der Waals surface area (Å²) in [4.78, 5) is 16.7. The fourth-order valence-electron chi connectivity index (χ4n) is 3.55. The van der Waals surface area contributed by atoms with E-state index in [0.717, 1.165) is 18.9 Å². The summed E-state index contributed by atoms with van der Waals surface area (Å²) in [7, 11) is 0. The Kier molecular flexibility index (Phi) is 7.21. The van der Waals surface area contributed by atoms with Gasteiger partial charge in [-0.25, -0.2) is 4.68 Å². The predicted molar refractivity (Wildman–Crippen MR) is 96.1 cm³/mol. The van der Waals surface area contributed by atoms with Gasteiger partial charge in [0, 0.05) is 26.2 Å². The molecule has 1 fully saturated rings. The van der Waals surface area contributed by atoms with Crippen LogP contribution >= 0.6 is 0 Å². The fourth-order valence-corrected chi connectivity index (χ4v) is 3.55. The van der Waals surface area contributed by atoms with E-state index in [1.807, 2.05) is 24.7 Å². The zero-order valence-electron chi connectivity index (χ0n) is 15.7. The van der Waals surface area contributed by atoms with Crippen LogP contribution in [0.25, 0.3) is 0 Å². The summed E-state index contributed by atoms with van der Waals surface area (Å²) in [6, 6.07) is 0.332. The van der Waals surface area contributed by atoms with Crippen molar-refractivity contribution in [1.82, 2.24) is 24.8 Å². The highest BCUT2D eigenvalue weighted by atomic mass is 16.2. The number of piperidine rings is 1. The summed E-state index contributed by atoms with van der Waals surface area (Å²) in [6.45, 7) is 13.3. The summed E-state index contributed by atoms with van der Waals surface area (Å²) >= 11 is 0. The molecule has 1 aromatic heterocycles. The van der Waals surface area contributed by atoms with Crippen molar-refractivity contribution in [2.45, 2.75) is 59.4 Å². The van der Waals surface area contributed by atoms with Crippen molar-refractivity contribution in [3.8, 4) is 0 Å². The topological polar surface area (TPSA) is 54.3 Å². The quantitative estimate of drug-likeness (QED) is 0.733. The number of hydrogen-bond donors (Lipinski definition) is 0. The third kappa shape index (κ3) is 4.56. The van der Waals surface area contributed by atoms with Gasteiger partial charge in [-0.15, -0.1) is 5.10 Å². The van der Waals surface area contributed by atoms with E-state index in [2.05, 4.69) is 29.1 Å². The predicted octanol–water partition coefficient (Wildman–Crippen LogP) is 2.83. The first-order chi connectivity index (χ1) is 11.6. The van der Waals surface area contributed by atoms with Gasteiger partial charge in [0.1, 0.15) is 0 Å². The molecule has 0 bridgehead atoms. The van der Waals surface area contributed by atoms with Gasteiger partial charge in [-0.3, -0.25) is 4.79 Å². The standard InChI is InChI=1S/C18H33N5O/c1-5-15(6-2)12-21-11-9-10-16(13-21)23-14-17(19-20-23)18(24)22(7-3)8-4/h14-16H,5-13H2,1-4H3. The Morgan fingerprint density at radius 2 is 2.00 bits per heavy atom. The van der Waals surface area contributed by atoms with E-state index in [1.165, 1.54) is 32.4 Å². The Labute approximate surface area is 146 Å². The first kappa shape index (κ1) is 18.9. The Balaban J connectivity index is 2.00. The van der Waals surface area contributed by atoms with E-state index in [9.17, 15) is 4.79 Å². The van der Waals surface area contributed by atoms with E-state index >= 15 is 0 Å². The molecule has 6 heteroatoms. The number of hydrogen-bond acceptors (Lipinski definition) is 4. The summed E-state index contributed by atoms with van der Waals surface area (Å²) in [6.07, 6.45) is 6.62. The summed E-state index contributed by atoms with van der Waals surface area (Å²) < 4.78 is 1.91. The van der Waals surface area contributed by atoms with Gasteiger partial charge in [0.05, 0.1) is 12.2 Å². The van der Waals surface area contributed by atoms with Gasteiger partial charge in [0.25, 0.3) is 5.91 Å². The van der Waals surface area contributed by atoms with Crippen LogP contribution in [0.3, 0.4) is 0 Å². The average molecular weight is 335 g/mol. The minimum Gasteiger partial charge on any atom is -0.338 e. The molecular weight excluding hydrogens is 302 g/mol. The number of rotatable bonds is 8. The fraction of sp³-hybridized carbons (Fsp3) is 0.833. The van der Waals surface area contributed by atoms with Crippen molar-refractivity contribution >= 4 is 5.91 Å². The third-order valence-electron chi connectivity index (χ3n) is 5.31. The van der Waals surface area contributed by atoms with Crippen LogP contribution in [0, 0.1) is 5.92 Å². The van der Waals surface area contributed by atoms with Crippen molar-refractivity contribution in [3.63, 3.8) is 0 Å². The molecule has 1 aromatic rings. The summed E-state index contributed by atoms with van der Waals surface area (Å²) in [5.41, 5.74) is 0.468. The molecule has 0 aromatic carbocycles. The molecule has 1 saturated heterocycles. The largest absolute Gasteiger partial charge is 0.338 e. The van der Waals surface area contributed by atoms with Crippen molar-refractivity contribution in [1.29, 1.82) is 0 Å². The number of carbonyl (C=O) groups is 1. The van der Waals surface area contributed by atoms with Gasteiger partial charge in [-0.05, 0) is 39.2 Å². The van der Waals surface area contributed by atoms with Gasteiger partial charge in [0.2, 0.25) is 0 Å². The minimum atomic E-state index is -0.0176. The van der Waals surface area contributed by atoms with E-state index in [4.69, 9.17) is 0 Å². The molecule has 0 N–H and O–H groups in total. The highest BCUT2D eigenvalue weighted by Crippen LogP contribution is 2.23. The normalized spacial score (nSPS) is 19.0. The highest BCUT2D eigenvalue weighted by Gasteiger charge is 2.25. The van der Waals surface area contributed by atoms with Crippen molar-refractivity contribution in [2.75, 3.05) is 32.7 Å². The summed E-state index contributed by atoms with van der Waals surface area (Å²) in [5, 5.41) is 8.39. The summed E-state index contributed by atoms with van der Waals surface area (Å²) in [5.74, 6) is 0.759. The third-order valence-corrected chi connectivity index (χ3v) is 5.31. The maximum atomic E-state index is 12.4. The minimum absolute atomic E-state index is 0.0176. The molecular formula is C18H33N5O. The maximum Gasteiger partial charge on any atom is 0.276 e. The maximum absolute atomic E-state index is 12.4. The molecule has 136 valence electrons. The van der Waals surface area contributed by atoms with Crippen molar-refractivity contribution in [2.24, 2.45) is 5.92 Å². The van der Waals surface area contributed by atoms with Crippen molar-refractivity contribution in [3.05, 3.63) is 11.9 Å². The Hall–Kier alpha value is -1.43. The van der Waals surface area contributed by atoms with Crippen LogP contribution in [0.1, 0.15) is 69.9 Å². The first-order valence-corrected chi connectivity index (χ1v) is 9.56. The Bertz CT molecular complexity index is 507. The second-order valence-corrected chi connectivity index (χ2v) is 6.80. The highest BCUT2D eigenvalue weighted by molar-refractivity contribution is 5.91. The zero-order valence-corrected chi connectivity index (χ0v) is 15.7. The number of nitrogens with zero attached hydrogens (tertiary/aromatic N) is 5. The number of carbonyl (C=O) groups excluding carboxylic acids is 1. The smallest absolute Gasteiger partial charge is 0.276 e. The van der Waals surface area contributed by atoms with E-state index in [1.54, 1.807) is 4.90 Å². The Morgan fingerprint density at radius 3 is 2.62 bits per heavy atom. The molecule has 6 nitrogen and oxygen atoms in total. The molecule has 1 atom stereocenters. The number of likely N-dealkylation sites (tertiary alicyclic amines) is 1. The van der Waals surface area contributed by atoms with E-state index < -0.39 is 0 Å². The molecule has 24 heavy (non-hydrogen) atoms. The van der Waals surface area contributed by atoms with Crippen LogP contribution in [0.15, 0.2) is 6.20 Å².